The first-order valence-corrected chi connectivity index (χ1v) is 9.57. The van der Waals surface area contributed by atoms with Crippen LogP contribution in [-0.4, -0.2) is 39.9 Å². The summed E-state index contributed by atoms with van der Waals surface area (Å²) < 4.78 is 10.8. The molecule has 0 spiro atoms. The van der Waals surface area contributed by atoms with Gasteiger partial charge in [0.05, 0.1) is 20.7 Å². The number of hydrogen-bond donors (Lipinski definition) is 2. The molecule has 0 saturated carbocycles. The number of unbranched alkanes of at least 4 members (excludes halogenated alkanes) is 6. The van der Waals surface area contributed by atoms with Crippen LogP contribution in [0, 0.1) is 0 Å². The zero-order chi connectivity index (χ0) is 18.3. The van der Waals surface area contributed by atoms with Crippen molar-refractivity contribution in [1.29, 1.82) is 0 Å². The van der Waals surface area contributed by atoms with E-state index >= 15 is 0 Å². The number of nitrogens with one attached hydrogen (secondary N) is 2. The molecule has 150 valence electrons. The molecule has 0 aliphatic rings. The molecule has 1 rings (SSSR count). The monoisotopic (exact) mass is 386 g/mol. The summed E-state index contributed by atoms with van der Waals surface area (Å²) in [5, 5.41) is 2.72. The van der Waals surface area contributed by atoms with Crippen LogP contribution in [-0.2, 0) is 4.74 Å². The van der Waals surface area contributed by atoms with Crippen LogP contribution in [0.3, 0.4) is 0 Å². The van der Waals surface area contributed by atoms with Gasteiger partial charge in [-0.1, -0.05) is 45.4 Å². The van der Waals surface area contributed by atoms with Crippen LogP contribution in [0.2, 0.25) is 0 Å². The number of amides is 1. The molecule has 1 aromatic rings. The van der Waals surface area contributed by atoms with Gasteiger partial charge in [-0.15, -0.1) is 0 Å². The van der Waals surface area contributed by atoms with Gasteiger partial charge in [0.1, 0.15) is 18.9 Å². The molecule has 26 heavy (non-hydrogen) atoms. The van der Waals surface area contributed by atoms with E-state index in [4.69, 9.17) is 9.47 Å². The quantitative estimate of drug-likeness (QED) is 0.486. The number of anilines is 1. The zero-order valence-electron chi connectivity index (χ0n) is 16.5. The van der Waals surface area contributed by atoms with Crippen molar-refractivity contribution in [2.24, 2.45) is 0 Å². The van der Waals surface area contributed by atoms with Crippen molar-refractivity contribution >= 4 is 11.8 Å². The van der Waals surface area contributed by atoms with E-state index in [-0.39, 0.29) is 12.4 Å². The van der Waals surface area contributed by atoms with Crippen LogP contribution in [0.5, 0.6) is 5.75 Å². The second-order valence-corrected chi connectivity index (χ2v) is 6.71. The Morgan fingerprint density at radius 1 is 0.962 bits per heavy atom. The molecule has 0 fully saturated rings. The minimum absolute atomic E-state index is 0. The third kappa shape index (κ3) is 12.8. The van der Waals surface area contributed by atoms with E-state index in [1.54, 1.807) is 0 Å². The van der Waals surface area contributed by atoms with Crippen LogP contribution in [0.15, 0.2) is 24.3 Å². The summed E-state index contributed by atoms with van der Waals surface area (Å²) in [6.07, 6.45) is 8.52. The number of halogens is 1. The van der Waals surface area contributed by atoms with E-state index in [1.165, 1.54) is 43.4 Å². The number of carbonyl (C=O) groups excluding carboxylic acids is 1. The normalized spacial score (nSPS) is 10.3. The largest absolute Gasteiger partial charge is 1.00 e. The minimum Gasteiger partial charge on any atom is -1.00 e. The summed E-state index contributed by atoms with van der Waals surface area (Å²) in [5.41, 5.74) is 0.713. The van der Waals surface area contributed by atoms with Crippen LogP contribution in [0.1, 0.15) is 51.9 Å². The van der Waals surface area contributed by atoms with Gasteiger partial charge >= 0.3 is 6.09 Å². The molecule has 0 aliphatic carbocycles. The average Bonchev–Trinajstić information content (AvgIpc) is 2.58. The highest BCUT2D eigenvalue weighted by molar-refractivity contribution is 5.84. The first-order chi connectivity index (χ1) is 12.1. The predicted molar refractivity (Wildman–Crippen MR) is 103 cm³/mol. The van der Waals surface area contributed by atoms with Crippen molar-refractivity contribution in [2.75, 3.05) is 39.2 Å². The summed E-state index contributed by atoms with van der Waals surface area (Å²) in [7, 11) is 4.04. The van der Waals surface area contributed by atoms with E-state index in [0.717, 1.165) is 25.3 Å². The second-order valence-electron chi connectivity index (χ2n) is 6.71. The maximum absolute atomic E-state index is 11.6. The minimum atomic E-state index is -0.419. The molecular weight excluding hydrogens is 352 g/mol. The van der Waals surface area contributed by atoms with Gasteiger partial charge < -0.3 is 26.8 Å². The Hall–Kier alpha value is -1.46. The van der Waals surface area contributed by atoms with Gasteiger partial charge in [0.15, 0.2) is 0 Å². The number of rotatable bonds is 13. The fourth-order valence-electron chi connectivity index (χ4n) is 2.39. The van der Waals surface area contributed by atoms with E-state index in [1.807, 2.05) is 38.4 Å². The van der Waals surface area contributed by atoms with Crippen molar-refractivity contribution in [3.63, 3.8) is 0 Å². The molecule has 0 unspecified atom stereocenters. The third-order valence-electron chi connectivity index (χ3n) is 3.95. The Morgan fingerprint density at radius 2 is 1.58 bits per heavy atom. The van der Waals surface area contributed by atoms with Crippen molar-refractivity contribution in [3.8, 4) is 5.75 Å². The molecule has 0 aromatic heterocycles. The molecule has 5 nitrogen and oxygen atoms in total. The predicted octanol–water partition coefficient (Wildman–Crippen LogP) is 0.513. The van der Waals surface area contributed by atoms with Gasteiger partial charge in [-0.3, -0.25) is 5.32 Å². The summed E-state index contributed by atoms with van der Waals surface area (Å²) >= 11 is 0. The van der Waals surface area contributed by atoms with E-state index < -0.39 is 6.09 Å². The molecule has 6 heteroatoms. The highest BCUT2D eigenvalue weighted by atomic mass is 35.5. The lowest BCUT2D eigenvalue weighted by atomic mass is 10.1. The Balaban J connectivity index is 0.00000625. The number of ether oxygens (including phenoxy) is 2. The Labute approximate surface area is 164 Å². The maximum atomic E-state index is 11.6. The average molecular weight is 387 g/mol. The van der Waals surface area contributed by atoms with Crippen molar-refractivity contribution in [1.82, 2.24) is 0 Å². The summed E-state index contributed by atoms with van der Waals surface area (Å²) in [4.78, 5) is 12.9. The number of benzene rings is 1. The molecule has 0 saturated heterocycles. The van der Waals surface area contributed by atoms with Crippen molar-refractivity contribution in [2.45, 2.75) is 51.9 Å². The molecule has 1 aromatic carbocycles. The summed E-state index contributed by atoms with van der Waals surface area (Å²) in [6, 6.07) is 7.42. The SMILES string of the molecule is CCCCCCCCCOc1ccc(NC(=O)OCC[NH+](C)C)cc1.[Cl-]. The molecule has 2 N–H and O–H groups in total. The van der Waals surface area contributed by atoms with E-state index in [0.29, 0.717) is 12.3 Å². The van der Waals surface area contributed by atoms with Crippen molar-refractivity contribution in [3.05, 3.63) is 24.3 Å². The molecule has 0 radical (unpaired) electrons. The summed E-state index contributed by atoms with van der Waals surface area (Å²) in [6.45, 7) is 4.19. The fraction of sp³-hybridized carbons (Fsp3) is 0.650. The highest BCUT2D eigenvalue weighted by Gasteiger charge is 2.04. The van der Waals surface area contributed by atoms with Gasteiger partial charge in [0, 0.05) is 5.69 Å². The third-order valence-corrected chi connectivity index (χ3v) is 3.95. The smallest absolute Gasteiger partial charge is 0.411 e. The second kappa shape index (κ2) is 15.8. The molecular formula is C20H35ClN2O3. The summed E-state index contributed by atoms with van der Waals surface area (Å²) in [5.74, 6) is 0.834. The van der Waals surface area contributed by atoms with E-state index in [2.05, 4.69) is 12.2 Å². The molecule has 0 heterocycles. The number of hydrogen-bond acceptors (Lipinski definition) is 3. The zero-order valence-corrected chi connectivity index (χ0v) is 17.2. The van der Waals surface area contributed by atoms with E-state index in [9.17, 15) is 4.79 Å². The topological polar surface area (TPSA) is 52.0 Å². The van der Waals surface area contributed by atoms with Gasteiger partial charge in [-0.05, 0) is 30.7 Å². The maximum Gasteiger partial charge on any atom is 0.411 e. The van der Waals surface area contributed by atoms with Crippen LogP contribution >= 0.6 is 0 Å². The molecule has 0 aliphatic heterocycles. The fourth-order valence-corrected chi connectivity index (χ4v) is 2.39. The van der Waals surface area contributed by atoms with Crippen LogP contribution in [0.4, 0.5) is 10.5 Å². The van der Waals surface area contributed by atoms with Crippen molar-refractivity contribution < 1.29 is 31.6 Å². The van der Waals surface area contributed by atoms with Gasteiger partial charge in [0.25, 0.3) is 0 Å². The molecule has 1 amide bonds. The lowest BCUT2D eigenvalue weighted by Gasteiger charge is -2.10. The number of quaternary nitrogens is 1. The van der Waals surface area contributed by atoms with Crippen LogP contribution < -0.4 is 27.4 Å². The Morgan fingerprint density at radius 3 is 2.19 bits per heavy atom. The lowest BCUT2D eigenvalue weighted by Crippen LogP contribution is -3.06. The van der Waals surface area contributed by atoms with Crippen LogP contribution in [0.25, 0.3) is 0 Å². The Kier molecular flexibility index (Phi) is 14.9. The molecule has 0 bridgehead atoms. The number of carbonyl (C=O) groups is 1. The first kappa shape index (κ1) is 24.5. The standard InChI is InChI=1S/C20H34N2O3.ClH/c1-4-5-6-7-8-9-10-16-24-19-13-11-18(12-14-19)21-20(23)25-17-15-22(2)3;/h11-14H,4-10,15-17H2,1-3H3,(H,21,23);1H. The Bertz CT molecular complexity index is 467. The lowest BCUT2D eigenvalue weighted by molar-refractivity contribution is -0.858. The van der Waals surface area contributed by atoms with Gasteiger partial charge in [0.2, 0.25) is 0 Å². The first-order valence-electron chi connectivity index (χ1n) is 9.57. The number of likely N-dealkylation sites (N-methyl/N-ethyl adjacent to an activating group) is 1. The van der Waals surface area contributed by atoms with Gasteiger partial charge in [-0.2, -0.15) is 0 Å². The van der Waals surface area contributed by atoms with Gasteiger partial charge in [-0.25, -0.2) is 4.79 Å². The highest BCUT2D eigenvalue weighted by Crippen LogP contribution is 2.16. The molecule has 0 atom stereocenters.